The average molecular weight is 302 g/mol. The Kier molecular flexibility index (Phi) is 8.55. The molecule has 0 aliphatic heterocycles. The van der Waals surface area contributed by atoms with Gasteiger partial charge in [0, 0.05) is 6.42 Å². The summed E-state index contributed by atoms with van der Waals surface area (Å²) >= 11 is 0. The molecule has 0 fully saturated rings. The molecule has 0 saturated heterocycles. The number of hydrogen-bond donors (Lipinski definition) is 0. The quantitative estimate of drug-likeness (QED) is 0.645. The van der Waals surface area contributed by atoms with Crippen LogP contribution in [0.4, 0.5) is 0 Å². The van der Waals surface area contributed by atoms with Crippen molar-refractivity contribution >= 4 is 11.9 Å². The lowest BCUT2D eigenvalue weighted by Gasteiger charge is -2.21. The molecule has 124 valence electrons. The van der Waals surface area contributed by atoms with E-state index in [0.717, 1.165) is 0 Å². The van der Waals surface area contributed by atoms with Gasteiger partial charge in [0.15, 0.2) is 0 Å². The lowest BCUT2D eigenvalue weighted by Crippen LogP contribution is -2.29. The minimum Gasteiger partial charge on any atom is -0.463 e. The Hall–Kier alpha value is -1.10. The summed E-state index contributed by atoms with van der Waals surface area (Å²) in [5.41, 5.74) is -0.514. The van der Waals surface area contributed by atoms with E-state index in [1.165, 1.54) is 0 Å². The van der Waals surface area contributed by atoms with Crippen molar-refractivity contribution in [1.29, 1.82) is 0 Å². The van der Waals surface area contributed by atoms with Gasteiger partial charge in [-0.25, -0.2) is 0 Å². The second kappa shape index (κ2) is 9.03. The first-order valence-corrected chi connectivity index (χ1v) is 7.50. The molecule has 0 aliphatic carbocycles. The Labute approximate surface area is 128 Å². The van der Waals surface area contributed by atoms with Crippen LogP contribution in [0.2, 0.25) is 0 Å². The first-order valence-electron chi connectivity index (χ1n) is 7.50. The third kappa shape index (κ3) is 10.3. The Morgan fingerprint density at radius 2 is 1.52 bits per heavy atom. The molecular formula is C16H30O5. The molecule has 0 heterocycles. The molecule has 5 heteroatoms. The lowest BCUT2D eigenvalue weighted by molar-refractivity contribution is -0.159. The fourth-order valence-corrected chi connectivity index (χ4v) is 1.40. The summed E-state index contributed by atoms with van der Waals surface area (Å²) < 4.78 is 15.9. The molecule has 0 rings (SSSR count). The van der Waals surface area contributed by atoms with Crippen LogP contribution >= 0.6 is 0 Å². The summed E-state index contributed by atoms with van der Waals surface area (Å²) in [4.78, 5) is 23.1. The molecular weight excluding hydrogens is 272 g/mol. The van der Waals surface area contributed by atoms with Gasteiger partial charge in [0.1, 0.15) is 12.7 Å². The van der Waals surface area contributed by atoms with Gasteiger partial charge in [0.05, 0.1) is 18.1 Å². The summed E-state index contributed by atoms with van der Waals surface area (Å²) in [6.45, 7) is 13.4. The molecule has 0 aromatic rings. The summed E-state index contributed by atoms with van der Waals surface area (Å²) in [5, 5.41) is 0. The predicted molar refractivity (Wildman–Crippen MR) is 80.8 cm³/mol. The van der Waals surface area contributed by atoms with Crippen LogP contribution in [0, 0.1) is 11.3 Å². The summed E-state index contributed by atoms with van der Waals surface area (Å²) in [6, 6.07) is 0. The molecule has 5 nitrogen and oxygen atoms in total. The van der Waals surface area contributed by atoms with Crippen LogP contribution in [0.25, 0.3) is 0 Å². The molecule has 21 heavy (non-hydrogen) atoms. The summed E-state index contributed by atoms with van der Waals surface area (Å²) in [6.07, 6.45) is -0.136. The maximum absolute atomic E-state index is 11.6. The van der Waals surface area contributed by atoms with Gasteiger partial charge in [-0.3, -0.25) is 9.59 Å². The van der Waals surface area contributed by atoms with Crippen LogP contribution in [0.3, 0.4) is 0 Å². The standard InChI is InChI=1S/C16H30O5/c1-11(2)8-14(17)21-13(4)10-19-12(3)9-20-15(18)16(5,6)7/h11-13H,8-10H2,1-7H3. The van der Waals surface area contributed by atoms with Gasteiger partial charge in [0.25, 0.3) is 0 Å². The molecule has 0 amide bonds. The van der Waals surface area contributed by atoms with E-state index in [1.54, 1.807) is 27.7 Å². The first kappa shape index (κ1) is 19.9. The van der Waals surface area contributed by atoms with Crippen LogP contribution < -0.4 is 0 Å². The topological polar surface area (TPSA) is 61.8 Å². The normalized spacial score (nSPS) is 14.7. The highest BCUT2D eigenvalue weighted by atomic mass is 16.6. The number of carbonyl (C=O) groups is 2. The SMILES string of the molecule is CC(C)CC(=O)OC(C)COC(C)COC(=O)C(C)(C)C. The van der Waals surface area contributed by atoms with Crippen molar-refractivity contribution in [2.75, 3.05) is 13.2 Å². The van der Waals surface area contributed by atoms with E-state index >= 15 is 0 Å². The average Bonchev–Trinajstić information content (AvgIpc) is 2.30. The number of rotatable bonds is 8. The fraction of sp³-hybridized carbons (Fsp3) is 0.875. The molecule has 2 unspecified atom stereocenters. The minimum absolute atomic E-state index is 0.197. The minimum atomic E-state index is -0.514. The van der Waals surface area contributed by atoms with Crippen molar-refractivity contribution in [2.45, 2.75) is 67.1 Å². The zero-order valence-corrected chi connectivity index (χ0v) is 14.4. The van der Waals surface area contributed by atoms with E-state index in [4.69, 9.17) is 14.2 Å². The van der Waals surface area contributed by atoms with Gasteiger partial charge in [-0.15, -0.1) is 0 Å². The fourth-order valence-electron chi connectivity index (χ4n) is 1.40. The second-order valence-electron chi connectivity index (χ2n) is 6.89. The van der Waals surface area contributed by atoms with Crippen molar-refractivity contribution in [3.05, 3.63) is 0 Å². The number of ether oxygens (including phenoxy) is 3. The Balaban J connectivity index is 3.90. The second-order valence-corrected chi connectivity index (χ2v) is 6.89. The molecule has 0 aromatic heterocycles. The smallest absolute Gasteiger partial charge is 0.311 e. The van der Waals surface area contributed by atoms with Crippen molar-refractivity contribution in [3.8, 4) is 0 Å². The molecule has 0 N–H and O–H groups in total. The highest BCUT2D eigenvalue weighted by Crippen LogP contribution is 2.15. The Morgan fingerprint density at radius 3 is 2.00 bits per heavy atom. The lowest BCUT2D eigenvalue weighted by atomic mass is 9.97. The van der Waals surface area contributed by atoms with E-state index in [0.29, 0.717) is 6.42 Å². The van der Waals surface area contributed by atoms with E-state index < -0.39 is 5.41 Å². The molecule has 0 bridgehead atoms. The molecule has 0 spiro atoms. The van der Waals surface area contributed by atoms with Crippen molar-refractivity contribution in [2.24, 2.45) is 11.3 Å². The van der Waals surface area contributed by atoms with Gasteiger partial charge in [0.2, 0.25) is 0 Å². The van der Waals surface area contributed by atoms with Gasteiger partial charge in [-0.05, 0) is 40.5 Å². The van der Waals surface area contributed by atoms with Crippen LogP contribution in [0.5, 0.6) is 0 Å². The van der Waals surface area contributed by atoms with Crippen LogP contribution in [0.15, 0.2) is 0 Å². The predicted octanol–water partition coefficient (Wildman–Crippen LogP) is 2.96. The molecule has 2 atom stereocenters. The Morgan fingerprint density at radius 1 is 0.952 bits per heavy atom. The molecule has 0 aliphatic rings. The van der Waals surface area contributed by atoms with Gasteiger partial charge >= 0.3 is 11.9 Å². The van der Waals surface area contributed by atoms with Crippen molar-refractivity contribution in [3.63, 3.8) is 0 Å². The summed E-state index contributed by atoms with van der Waals surface area (Å²) in [7, 11) is 0. The Bertz CT molecular complexity index is 330. The maximum atomic E-state index is 11.6. The van der Waals surface area contributed by atoms with E-state index in [9.17, 15) is 9.59 Å². The molecule has 0 aromatic carbocycles. The summed E-state index contributed by atoms with van der Waals surface area (Å²) in [5.74, 6) is -0.191. The largest absolute Gasteiger partial charge is 0.463 e. The van der Waals surface area contributed by atoms with Crippen LogP contribution in [0.1, 0.15) is 54.9 Å². The number of carbonyl (C=O) groups excluding carboxylic acids is 2. The molecule has 0 saturated carbocycles. The van der Waals surface area contributed by atoms with Gasteiger partial charge in [-0.2, -0.15) is 0 Å². The van der Waals surface area contributed by atoms with Crippen LogP contribution in [-0.2, 0) is 23.8 Å². The van der Waals surface area contributed by atoms with E-state index in [1.807, 2.05) is 20.8 Å². The van der Waals surface area contributed by atoms with Gasteiger partial charge < -0.3 is 14.2 Å². The highest BCUT2D eigenvalue weighted by Gasteiger charge is 2.23. The van der Waals surface area contributed by atoms with E-state index in [2.05, 4.69) is 0 Å². The zero-order valence-electron chi connectivity index (χ0n) is 14.4. The number of esters is 2. The van der Waals surface area contributed by atoms with Crippen molar-refractivity contribution < 1.29 is 23.8 Å². The third-order valence-electron chi connectivity index (χ3n) is 2.58. The third-order valence-corrected chi connectivity index (χ3v) is 2.58. The van der Waals surface area contributed by atoms with E-state index in [-0.39, 0.29) is 43.3 Å². The monoisotopic (exact) mass is 302 g/mol. The molecule has 0 radical (unpaired) electrons. The first-order chi connectivity index (χ1) is 9.52. The number of hydrogen-bond acceptors (Lipinski definition) is 5. The van der Waals surface area contributed by atoms with Crippen molar-refractivity contribution in [1.82, 2.24) is 0 Å². The van der Waals surface area contributed by atoms with Crippen LogP contribution in [-0.4, -0.2) is 37.4 Å². The zero-order chi connectivity index (χ0) is 16.6. The highest BCUT2D eigenvalue weighted by molar-refractivity contribution is 5.75. The maximum Gasteiger partial charge on any atom is 0.311 e. The van der Waals surface area contributed by atoms with Gasteiger partial charge in [-0.1, -0.05) is 13.8 Å².